The SMILES string of the molecule is CCCC(CC(=O)O)c1cccc(OCc2ccc(-c3cc(OC)ccc3F)c(OC3CCCCO3)c2)c1. The number of carbonyl (C=O) groups is 1. The van der Waals surface area contributed by atoms with Crippen molar-refractivity contribution in [3.8, 4) is 28.4 Å². The van der Waals surface area contributed by atoms with Gasteiger partial charge in [0.25, 0.3) is 0 Å². The van der Waals surface area contributed by atoms with Crippen LogP contribution in [0.3, 0.4) is 0 Å². The fraction of sp³-hybridized carbons (Fsp3) is 0.387. The number of aliphatic carboxylic acids is 1. The third-order valence-electron chi connectivity index (χ3n) is 6.70. The number of benzene rings is 3. The lowest BCUT2D eigenvalue weighted by Crippen LogP contribution is -2.25. The van der Waals surface area contributed by atoms with Crippen LogP contribution in [0.15, 0.2) is 60.7 Å². The fourth-order valence-electron chi connectivity index (χ4n) is 4.73. The van der Waals surface area contributed by atoms with E-state index < -0.39 is 12.3 Å². The highest BCUT2D eigenvalue weighted by Crippen LogP contribution is 2.37. The van der Waals surface area contributed by atoms with Crippen LogP contribution in [0.2, 0.25) is 0 Å². The highest BCUT2D eigenvalue weighted by atomic mass is 19.1. The number of carboxylic acid groups (broad SMARTS) is 1. The Hall–Kier alpha value is -3.58. The van der Waals surface area contributed by atoms with Gasteiger partial charge >= 0.3 is 5.97 Å². The zero-order valence-electron chi connectivity index (χ0n) is 22.0. The van der Waals surface area contributed by atoms with Gasteiger partial charge in [-0.25, -0.2) is 4.39 Å². The van der Waals surface area contributed by atoms with E-state index in [1.807, 2.05) is 49.4 Å². The molecule has 4 rings (SSSR count). The zero-order chi connectivity index (χ0) is 26.9. The van der Waals surface area contributed by atoms with Crippen LogP contribution in [-0.2, 0) is 16.1 Å². The molecule has 2 atom stereocenters. The van der Waals surface area contributed by atoms with Crippen molar-refractivity contribution < 1.29 is 33.2 Å². The number of carboxylic acids is 1. The van der Waals surface area contributed by atoms with Gasteiger partial charge in [0.05, 0.1) is 20.1 Å². The molecule has 3 aromatic carbocycles. The molecule has 202 valence electrons. The van der Waals surface area contributed by atoms with Gasteiger partial charge in [-0.1, -0.05) is 37.6 Å². The quantitative estimate of drug-likeness (QED) is 0.268. The average Bonchev–Trinajstić information content (AvgIpc) is 2.93. The molecule has 3 aromatic rings. The normalized spacial score (nSPS) is 16.0. The number of methoxy groups -OCH3 is 1. The lowest BCUT2D eigenvalue weighted by molar-refractivity contribution is -0.137. The first kappa shape index (κ1) is 27.5. The minimum Gasteiger partial charge on any atom is -0.497 e. The molecule has 1 N–H and O–H groups in total. The third kappa shape index (κ3) is 7.25. The molecule has 0 bridgehead atoms. The highest BCUT2D eigenvalue weighted by molar-refractivity contribution is 5.73. The van der Waals surface area contributed by atoms with Crippen molar-refractivity contribution in [1.29, 1.82) is 0 Å². The minimum atomic E-state index is -0.809. The van der Waals surface area contributed by atoms with E-state index in [1.165, 1.54) is 6.07 Å². The molecule has 1 fully saturated rings. The first-order valence-electron chi connectivity index (χ1n) is 13.2. The van der Waals surface area contributed by atoms with Crippen LogP contribution in [0.4, 0.5) is 4.39 Å². The van der Waals surface area contributed by atoms with Gasteiger partial charge in [0.2, 0.25) is 0 Å². The van der Waals surface area contributed by atoms with Crippen molar-refractivity contribution in [1.82, 2.24) is 0 Å². The van der Waals surface area contributed by atoms with E-state index in [-0.39, 0.29) is 24.8 Å². The van der Waals surface area contributed by atoms with E-state index >= 15 is 0 Å². The van der Waals surface area contributed by atoms with Crippen LogP contribution >= 0.6 is 0 Å². The minimum absolute atomic E-state index is 0.0615. The Labute approximate surface area is 223 Å². The van der Waals surface area contributed by atoms with Crippen molar-refractivity contribution in [2.24, 2.45) is 0 Å². The standard InChI is InChI=1S/C31H35FO6/c1-3-7-22(18-30(33)34)23-8-6-9-25(17-23)37-20-21-11-13-26(27-19-24(35-2)12-14-28(27)32)29(16-21)38-31-10-4-5-15-36-31/h6,8-9,11-14,16-17,19,22,31H,3-5,7,10,15,18,20H2,1-2H3,(H,33,34). The second kappa shape index (κ2) is 13.3. The highest BCUT2D eigenvalue weighted by Gasteiger charge is 2.20. The summed E-state index contributed by atoms with van der Waals surface area (Å²) in [5.74, 6) is 0.491. The van der Waals surface area contributed by atoms with Gasteiger partial charge in [0.1, 0.15) is 29.7 Å². The summed E-state index contributed by atoms with van der Waals surface area (Å²) < 4.78 is 38.3. The van der Waals surface area contributed by atoms with Crippen molar-refractivity contribution in [2.75, 3.05) is 13.7 Å². The molecule has 1 heterocycles. The van der Waals surface area contributed by atoms with E-state index in [9.17, 15) is 14.3 Å². The van der Waals surface area contributed by atoms with Crippen molar-refractivity contribution in [2.45, 2.75) is 64.3 Å². The van der Waals surface area contributed by atoms with Crippen LogP contribution in [0.5, 0.6) is 17.2 Å². The summed E-state index contributed by atoms with van der Waals surface area (Å²) in [6, 6.07) is 17.8. The van der Waals surface area contributed by atoms with Gasteiger partial charge in [0.15, 0.2) is 6.29 Å². The maximum Gasteiger partial charge on any atom is 0.303 e. The van der Waals surface area contributed by atoms with Crippen molar-refractivity contribution >= 4 is 5.97 Å². The maximum absolute atomic E-state index is 14.9. The third-order valence-corrected chi connectivity index (χ3v) is 6.70. The van der Waals surface area contributed by atoms with Gasteiger partial charge in [-0.3, -0.25) is 4.79 Å². The Kier molecular flexibility index (Phi) is 9.60. The largest absolute Gasteiger partial charge is 0.497 e. The second-order valence-electron chi connectivity index (χ2n) is 9.53. The van der Waals surface area contributed by atoms with Gasteiger partial charge in [0, 0.05) is 17.5 Å². The van der Waals surface area contributed by atoms with Crippen LogP contribution < -0.4 is 14.2 Å². The molecular weight excluding hydrogens is 487 g/mol. The molecule has 0 aliphatic carbocycles. The number of ether oxygens (including phenoxy) is 4. The van der Waals surface area contributed by atoms with E-state index in [0.29, 0.717) is 35.0 Å². The van der Waals surface area contributed by atoms with Gasteiger partial charge < -0.3 is 24.1 Å². The van der Waals surface area contributed by atoms with Gasteiger partial charge in [-0.2, -0.15) is 0 Å². The molecule has 6 nitrogen and oxygen atoms in total. The van der Waals surface area contributed by atoms with Crippen LogP contribution in [0, 0.1) is 5.82 Å². The second-order valence-corrected chi connectivity index (χ2v) is 9.53. The summed E-state index contributed by atoms with van der Waals surface area (Å²) in [6.07, 6.45) is 4.16. The van der Waals surface area contributed by atoms with Crippen molar-refractivity contribution in [3.63, 3.8) is 0 Å². The number of hydrogen-bond acceptors (Lipinski definition) is 5. The summed E-state index contributed by atoms with van der Waals surface area (Å²) in [5.41, 5.74) is 2.80. The van der Waals surface area contributed by atoms with E-state index in [2.05, 4.69) is 0 Å². The first-order valence-corrected chi connectivity index (χ1v) is 13.2. The van der Waals surface area contributed by atoms with Crippen LogP contribution in [-0.4, -0.2) is 31.1 Å². The monoisotopic (exact) mass is 522 g/mol. The molecule has 38 heavy (non-hydrogen) atoms. The zero-order valence-corrected chi connectivity index (χ0v) is 22.0. The Balaban J connectivity index is 1.57. The molecule has 0 radical (unpaired) electrons. The summed E-state index contributed by atoms with van der Waals surface area (Å²) in [4.78, 5) is 11.3. The summed E-state index contributed by atoms with van der Waals surface area (Å²) >= 11 is 0. The van der Waals surface area contributed by atoms with Gasteiger partial charge in [-0.15, -0.1) is 0 Å². The topological polar surface area (TPSA) is 74.2 Å². The molecule has 0 saturated carbocycles. The molecule has 0 aromatic heterocycles. The maximum atomic E-state index is 14.9. The lowest BCUT2D eigenvalue weighted by Gasteiger charge is -2.25. The Morgan fingerprint density at radius 1 is 1.08 bits per heavy atom. The molecule has 0 spiro atoms. The number of rotatable bonds is 12. The molecule has 7 heteroatoms. The van der Waals surface area contributed by atoms with Crippen LogP contribution in [0.1, 0.15) is 62.5 Å². The van der Waals surface area contributed by atoms with Crippen molar-refractivity contribution in [3.05, 3.63) is 77.6 Å². The summed E-state index contributed by atoms with van der Waals surface area (Å²) in [5, 5.41) is 9.31. The Morgan fingerprint density at radius 3 is 2.68 bits per heavy atom. The molecule has 1 aliphatic rings. The Morgan fingerprint density at radius 2 is 1.95 bits per heavy atom. The van der Waals surface area contributed by atoms with E-state index in [0.717, 1.165) is 43.2 Å². The number of halogens is 1. The molecule has 1 saturated heterocycles. The first-order chi connectivity index (χ1) is 18.5. The summed E-state index contributed by atoms with van der Waals surface area (Å²) in [7, 11) is 1.55. The lowest BCUT2D eigenvalue weighted by atomic mass is 9.91. The fourth-order valence-corrected chi connectivity index (χ4v) is 4.73. The number of hydrogen-bond donors (Lipinski definition) is 1. The van der Waals surface area contributed by atoms with E-state index in [1.54, 1.807) is 19.2 Å². The Bertz CT molecular complexity index is 1220. The molecule has 2 unspecified atom stereocenters. The average molecular weight is 523 g/mol. The molecule has 0 amide bonds. The smallest absolute Gasteiger partial charge is 0.303 e. The molecule has 1 aliphatic heterocycles. The predicted octanol–water partition coefficient (Wildman–Crippen LogP) is 7.34. The van der Waals surface area contributed by atoms with Gasteiger partial charge in [-0.05, 0) is 72.7 Å². The van der Waals surface area contributed by atoms with Crippen LogP contribution in [0.25, 0.3) is 11.1 Å². The van der Waals surface area contributed by atoms with E-state index in [4.69, 9.17) is 18.9 Å². The summed E-state index contributed by atoms with van der Waals surface area (Å²) in [6.45, 7) is 2.95. The predicted molar refractivity (Wildman–Crippen MR) is 143 cm³/mol. The molecular formula is C31H35FO6.